The fraction of sp³-hybridized carbons (Fsp3) is 0.455. The van der Waals surface area contributed by atoms with Crippen LogP contribution in [0, 0.1) is 11.8 Å². The highest BCUT2D eigenvalue weighted by Crippen LogP contribution is 2.40. The lowest BCUT2D eigenvalue weighted by Crippen LogP contribution is -1.86. The summed E-state index contributed by atoms with van der Waals surface area (Å²) in [6.45, 7) is 2.34. The monoisotopic (exact) mass is 146 g/mol. The van der Waals surface area contributed by atoms with Gasteiger partial charge in [0.1, 0.15) is 0 Å². The second-order valence-corrected chi connectivity index (χ2v) is 3.66. The number of hydrogen-bond donors (Lipinski definition) is 0. The Kier molecular flexibility index (Phi) is 1.69. The predicted octanol–water partition coefficient (Wildman–Crippen LogP) is 2.89. The first kappa shape index (κ1) is 6.90. The third kappa shape index (κ3) is 1.62. The van der Waals surface area contributed by atoms with E-state index in [1.165, 1.54) is 18.4 Å². The van der Waals surface area contributed by atoms with E-state index in [1.54, 1.807) is 0 Å². The molecule has 1 saturated carbocycles. The summed E-state index contributed by atoms with van der Waals surface area (Å²) in [6, 6.07) is 10.8. The van der Waals surface area contributed by atoms with Crippen LogP contribution in [-0.2, 0) is 6.42 Å². The van der Waals surface area contributed by atoms with E-state index in [0.29, 0.717) is 0 Å². The molecule has 0 N–H and O–H groups in total. The molecule has 2 unspecified atom stereocenters. The van der Waals surface area contributed by atoms with E-state index in [1.807, 2.05) is 0 Å². The molecule has 1 aliphatic rings. The molecule has 0 bridgehead atoms. The Labute approximate surface area is 68.3 Å². The maximum atomic E-state index is 2.34. The van der Waals surface area contributed by atoms with Gasteiger partial charge in [0.2, 0.25) is 0 Å². The first-order valence-electron chi connectivity index (χ1n) is 4.40. The molecule has 2 rings (SSSR count). The normalized spacial score (nSPS) is 28.5. The molecule has 0 saturated heterocycles. The molecule has 0 amide bonds. The Morgan fingerprint density at radius 2 is 1.91 bits per heavy atom. The maximum Gasteiger partial charge on any atom is -0.0248 e. The minimum Gasteiger partial charge on any atom is -0.0622 e. The van der Waals surface area contributed by atoms with Gasteiger partial charge in [0.25, 0.3) is 0 Å². The molecule has 1 aliphatic carbocycles. The highest BCUT2D eigenvalue weighted by atomic mass is 14.4. The van der Waals surface area contributed by atoms with Crippen LogP contribution in [0.15, 0.2) is 30.3 Å². The standard InChI is InChI=1S/C11H14/c1-9-7-11(9)8-10-5-3-2-4-6-10/h2-6,9,11H,7-8H2,1H3. The highest BCUT2D eigenvalue weighted by molar-refractivity contribution is 5.16. The second kappa shape index (κ2) is 2.69. The van der Waals surface area contributed by atoms with Crippen LogP contribution in [0.4, 0.5) is 0 Å². The fourth-order valence-electron chi connectivity index (χ4n) is 1.60. The van der Waals surface area contributed by atoms with Gasteiger partial charge < -0.3 is 0 Å². The lowest BCUT2D eigenvalue weighted by Gasteiger charge is -1.97. The number of benzene rings is 1. The van der Waals surface area contributed by atoms with Crippen LogP contribution in [-0.4, -0.2) is 0 Å². The molecule has 58 valence electrons. The minimum atomic E-state index is 0.982. The van der Waals surface area contributed by atoms with Crippen LogP contribution < -0.4 is 0 Å². The molecule has 0 aromatic heterocycles. The lowest BCUT2D eigenvalue weighted by molar-refractivity contribution is 0.747. The summed E-state index contributed by atoms with van der Waals surface area (Å²) in [5.74, 6) is 1.97. The molecule has 11 heavy (non-hydrogen) atoms. The van der Waals surface area contributed by atoms with Gasteiger partial charge >= 0.3 is 0 Å². The van der Waals surface area contributed by atoms with Gasteiger partial charge in [-0.1, -0.05) is 37.3 Å². The van der Waals surface area contributed by atoms with Gasteiger partial charge in [-0.05, 0) is 30.2 Å². The van der Waals surface area contributed by atoms with Crippen molar-refractivity contribution in [2.24, 2.45) is 11.8 Å². The Morgan fingerprint density at radius 3 is 2.45 bits per heavy atom. The van der Waals surface area contributed by atoms with E-state index in [4.69, 9.17) is 0 Å². The quantitative estimate of drug-likeness (QED) is 0.602. The SMILES string of the molecule is CC1CC1Cc1ccccc1. The Bertz CT molecular complexity index is 225. The Hall–Kier alpha value is -0.780. The van der Waals surface area contributed by atoms with Gasteiger partial charge in [-0.2, -0.15) is 0 Å². The highest BCUT2D eigenvalue weighted by Gasteiger charge is 2.31. The van der Waals surface area contributed by atoms with Crippen LogP contribution >= 0.6 is 0 Å². The topological polar surface area (TPSA) is 0 Å². The smallest absolute Gasteiger partial charge is 0.0248 e. The summed E-state index contributed by atoms with van der Waals surface area (Å²) in [6.07, 6.45) is 2.73. The summed E-state index contributed by atoms with van der Waals surface area (Å²) in [4.78, 5) is 0. The molecule has 1 aromatic carbocycles. The summed E-state index contributed by atoms with van der Waals surface area (Å²) in [5.41, 5.74) is 1.50. The van der Waals surface area contributed by atoms with Crippen LogP contribution in [0.5, 0.6) is 0 Å². The Balaban J connectivity index is 1.97. The minimum absolute atomic E-state index is 0.982. The predicted molar refractivity (Wildman–Crippen MR) is 47.4 cm³/mol. The van der Waals surface area contributed by atoms with Gasteiger partial charge in [-0.25, -0.2) is 0 Å². The van der Waals surface area contributed by atoms with Crippen molar-refractivity contribution in [3.05, 3.63) is 35.9 Å². The van der Waals surface area contributed by atoms with Crippen molar-refractivity contribution in [1.29, 1.82) is 0 Å². The van der Waals surface area contributed by atoms with Crippen molar-refractivity contribution in [3.63, 3.8) is 0 Å². The van der Waals surface area contributed by atoms with E-state index >= 15 is 0 Å². The summed E-state index contributed by atoms with van der Waals surface area (Å²) < 4.78 is 0. The number of rotatable bonds is 2. The van der Waals surface area contributed by atoms with Crippen LogP contribution in [0.3, 0.4) is 0 Å². The third-order valence-corrected chi connectivity index (χ3v) is 2.62. The Morgan fingerprint density at radius 1 is 1.27 bits per heavy atom. The van der Waals surface area contributed by atoms with Gasteiger partial charge in [0, 0.05) is 0 Å². The largest absolute Gasteiger partial charge is 0.0622 e. The van der Waals surface area contributed by atoms with Crippen molar-refractivity contribution in [1.82, 2.24) is 0 Å². The van der Waals surface area contributed by atoms with Crippen LogP contribution in [0.2, 0.25) is 0 Å². The van der Waals surface area contributed by atoms with Gasteiger partial charge in [-0.3, -0.25) is 0 Å². The van der Waals surface area contributed by atoms with E-state index in [-0.39, 0.29) is 0 Å². The molecule has 0 heteroatoms. The lowest BCUT2D eigenvalue weighted by atomic mass is 10.1. The van der Waals surface area contributed by atoms with E-state index in [2.05, 4.69) is 37.3 Å². The maximum absolute atomic E-state index is 2.34. The van der Waals surface area contributed by atoms with Crippen LogP contribution in [0.25, 0.3) is 0 Å². The zero-order valence-corrected chi connectivity index (χ0v) is 6.96. The molecule has 1 fully saturated rings. The van der Waals surface area contributed by atoms with Crippen molar-refractivity contribution >= 4 is 0 Å². The van der Waals surface area contributed by atoms with Gasteiger partial charge in [0.05, 0.1) is 0 Å². The van der Waals surface area contributed by atoms with E-state index in [9.17, 15) is 0 Å². The number of hydrogen-bond acceptors (Lipinski definition) is 0. The second-order valence-electron chi connectivity index (χ2n) is 3.66. The molecule has 1 aromatic rings. The summed E-state index contributed by atoms with van der Waals surface area (Å²) in [7, 11) is 0. The third-order valence-electron chi connectivity index (χ3n) is 2.62. The molecule has 0 heterocycles. The summed E-state index contributed by atoms with van der Waals surface area (Å²) >= 11 is 0. The van der Waals surface area contributed by atoms with E-state index < -0.39 is 0 Å². The van der Waals surface area contributed by atoms with Gasteiger partial charge in [0.15, 0.2) is 0 Å². The average molecular weight is 146 g/mol. The van der Waals surface area contributed by atoms with Crippen molar-refractivity contribution in [2.75, 3.05) is 0 Å². The first-order chi connectivity index (χ1) is 5.36. The molecule has 0 nitrogen and oxygen atoms in total. The molecule has 0 aliphatic heterocycles. The van der Waals surface area contributed by atoms with Gasteiger partial charge in [-0.15, -0.1) is 0 Å². The molecule has 2 atom stereocenters. The van der Waals surface area contributed by atoms with E-state index in [0.717, 1.165) is 11.8 Å². The molecular weight excluding hydrogens is 132 g/mol. The zero-order chi connectivity index (χ0) is 7.68. The van der Waals surface area contributed by atoms with Crippen LogP contribution in [0.1, 0.15) is 18.9 Å². The fourth-order valence-corrected chi connectivity index (χ4v) is 1.60. The van der Waals surface area contributed by atoms with Crippen molar-refractivity contribution in [3.8, 4) is 0 Å². The molecule has 0 spiro atoms. The molecule has 0 radical (unpaired) electrons. The first-order valence-corrected chi connectivity index (χ1v) is 4.40. The molecular formula is C11H14. The average Bonchev–Trinajstić information content (AvgIpc) is 2.69. The summed E-state index contributed by atoms with van der Waals surface area (Å²) in [5, 5.41) is 0. The zero-order valence-electron chi connectivity index (χ0n) is 6.96. The van der Waals surface area contributed by atoms with Crippen molar-refractivity contribution < 1.29 is 0 Å². The van der Waals surface area contributed by atoms with Crippen molar-refractivity contribution in [2.45, 2.75) is 19.8 Å².